The second kappa shape index (κ2) is 9.53. The smallest absolute Gasteiger partial charge is 0.434 e. The maximum absolute atomic E-state index is 12.6. The lowest BCUT2D eigenvalue weighted by atomic mass is 10.1. The van der Waals surface area contributed by atoms with Crippen LogP contribution in [0.1, 0.15) is 17.4 Å². The number of thiazole rings is 1. The minimum atomic E-state index is -4.44. The third-order valence-corrected chi connectivity index (χ3v) is 5.03. The summed E-state index contributed by atoms with van der Waals surface area (Å²) in [5, 5.41) is 14.8. The fraction of sp³-hybridized carbons (Fsp3) is 0.263. The third kappa shape index (κ3) is 6.14. The van der Waals surface area contributed by atoms with Crippen molar-refractivity contribution in [3.05, 3.63) is 64.4 Å². The number of hydrogen-bond acceptors (Lipinski definition) is 6. The number of benzene rings is 1. The summed E-state index contributed by atoms with van der Waals surface area (Å²) in [4.78, 5) is 7.54. The summed E-state index contributed by atoms with van der Waals surface area (Å²) in [7, 11) is 0. The summed E-state index contributed by atoms with van der Waals surface area (Å²) >= 11 is 6.65. The molecule has 0 saturated heterocycles. The molecule has 1 aromatic carbocycles. The van der Waals surface area contributed by atoms with Crippen molar-refractivity contribution in [1.82, 2.24) is 15.3 Å². The molecule has 2 aromatic heterocycles. The van der Waals surface area contributed by atoms with E-state index in [1.807, 2.05) is 0 Å². The molecule has 5 nitrogen and oxygen atoms in total. The minimum Gasteiger partial charge on any atom is -0.492 e. The van der Waals surface area contributed by atoms with E-state index in [-0.39, 0.29) is 0 Å². The molecule has 154 valence electrons. The van der Waals surface area contributed by atoms with Gasteiger partial charge in [-0.3, -0.25) is 0 Å². The van der Waals surface area contributed by atoms with Crippen molar-refractivity contribution in [1.29, 1.82) is 0 Å². The molecule has 0 spiro atoms. The molecule has 0 aliphatic carbocycles. The maximum atomic E-state index is 12.6. The Hall–Kier alpha value is -2.20. The Morgan fingerprint density at radius 2 is 1.93 bits per heavy atom. The first-order valence-corrected chi connectivity index (χ1v) is 9.85. The molecule has 0 amide bonds. The van der Waals surface area contributed by atoms with Crippen LogP contribution in [0.4, 0.5) is 13.2 Å². The summed E-state index contributed by atoms with van der Waals surface area (Å²) in [5.41, 5.74) is 0.366. The van der Waals surface area contributed by atoms with Crippen LogP contribution in [0.2, 0.25) is 5.15 Å². The average Bonchev–Trinajstić information content (AvgIpc) is 3.19. The number of rotatable bonds is 8. The van der Waals surface area contributed by atoms with Crippen LogP contribution in [-0.2, 0) is 6.18 Å². The quantitative estimate of drug-likeness (QED) is 0.394. The molecule has 0 aliphatic heterocycles. The highest BCUT2D eigenvalue weighted by atomic mass is 35.5. The van der Waals surface area contributed by atoms with Gasteiger partial charge in [0.25, 0.3) is 0 Å². The van der Waals surface area contributed by atoms with Crippen molar-refractivity contribution in [2.24, 2.45) is 0 Å². The van der Waals surface area contributed by atoms with Crippen LogP contribution in [0.5, 0.6) is 5.75 Å². The van der Waals surface area contributed by atoms with E-state index in [1.54, 1.807) is 36.4 Å². The molecule has 2 N–H and O–H groups in total. The number of alkyl halides is 3. The monoisotopic (exact) mass is 443 g/mol. The molecule has 10 heteroatoms. The van der Waals surface area contributed by atoms with E-state index >= 15 is 0 Å². The Morgan fingerprint density at radius 3 is 2.55 bits per heavy atom. The van der Waals surface area contributed by atoms with Gasteiger partial charge in [-0.15, -0.1) is 11.3 Å². The number of hydrogen-bond donors (Lipinski definition) is 2. The fourth-order valence-corrected chi connectivity index (χ4v) is 3.36. The number of ether oxygens (including phenoxy) is 1. The standard InChI is InChI=1S/C19H17ClF3N3O2S/c20-17-6-3-13(9-25-17)15(27)10-24-7-8-28-14-4-1-12(2-5-14)18-26-16(11-29-18)19(21,22)23/h1-6,9,11,15,24,27H,7-8,10H2. The highest BCUT2D eigenvalue weighted by Gasteiger charge is 2.33. The number of nitrogens with one attached hydrogen (secondary N) is 1. The van der Waals surface area contributed by atoms with Gasteiger partial charge < -0.3 is 15.2 Å². The van der Waals surface area contributed by atoms with Gasteiger partial charge in [-0.1, -0.05) is 17.7 Å². The van der Waals surface area contributed by atoms with Gasteiger partial charge in [0.2, 0.25) is 0 Å². The number of nitrogens with zero attached hydrogens (tertiary/aromatic N) is 2. The molecule has 1 unspecified atom stereocenters. The molecule has 3 aromatic rings. The topological polar surface area (TPSA) is 67.3 Å². The SMILES string of the molecule is OC(CNCCOc1ccc(-c2nc(C(F)(F)F)cs2)cc1)c1ccc(Cl)nc1. The van der Waals surface area contributed by atoms with Crippen LogP contribution in [-0.4, -0.2) is 34.8 Å². The second-order valence-corrected chi connectivity index (χ2v) is 7.29. The largest absolute Gasteiger partial charge is 0.492 e. The fourth-order valence-electron chi connectivity index (χ4n) is 2.41. The van der Waals surface area contributed by atoms with E-state index in [2.05, 4.69) is 15.3 Å². The Bertz CT molecular complexity index is 918. The van der Waals surface area contributed by atoms with Crippen LogP contribution < -0.4 is 10.1 Å². The summed E-state index contributed by atoms with van der Waals surface area (Å²) in [5.74, 6) is 0.589. The number of halogens is 4. The second-order valence-electron chi connectivity index (χ2n) is 6.04. The molecular weight excluding hydrogens is 427 g/mol. The van der Waals surface area contributed by atoms with Gasteiger partial charge in [0.1, 0.15) is 22.5 Å². The number of pyridine rings is 1. The van der Waals surface area contributed by atoms with Crippen molar-refractivity contribution < 1.29 is 23.0 Å². The van der Waals surface area contributed by atoms with Gasteiger partial charge in [-0.25, -0.2) is 9.97 Å². The highest BCUT2D eigenvalue weighted by Crippen LogP contribution is 2.33. The molecule has 0 bridgehead atoms. The van der Waals surface area contributed by atoms with Gasteiger partial charge in [0.15, 0.2) is 5.69 Å². The minimum absolute atomic E-state index is 0.302. The normalized spacial score (nSPS) is 12.7. The first-order chi connectivity index (χ1) is 13.8. The lowest BCUT2D eigenvalue weighted by Crippen LogP contribution is -2.26. The van der Waals surface area contributed by atoms with Crippen molar-refractivity contribution in [2.45, 2.75) is 12.3 Å². The van der Waals surface area contributed by atoms with Gasteiger partial charge >= 0.3 is 6.18 Å². The number of aliphatic hydroxyl groups is 1. The van der Waals surface area contributed by atoms with Crippen LogP contribution >= 0.6 is 22.9 Å². The van der Waals surface area contributed by atoms with E-state index in [4.69, 9.17) is 16.3 Å². The molecule has 3 rings (SSSR count). The Kier molecular flexibility index (Phi) is 7.07. The lowest BCUT2D eigenvalue weighted by Gasteiger charge is -2.12. The van der Waals surface area contributed by atoms with E-state index in [0.29, 0.717) is 46.7 Å². The molecule has 0 radical (unpaired) electrons. The maximum Gasteiger partial charge on any atom is 0.434 e. The summed E-state index contributed by atoms with van der Waals surface area (Å²) in [6, 6.07) is 10.0. The predicted octanol–water partition coefficient (Wildman–Crippen LogP) is 4.58. The molecule has 0 aliphatic rings. The van der Waals surface area contributed by atoms with Gasteiger partial charge in [-0.05, 0) is 30.3 Å². The Labute approximate surface area is 174 Å². The van der Waals surface area contributed by atoms with Crippen LogP contribution in [0, 0.1) is 0 Å². The van der Waals surface area contributed by atoms with Crippen molar-refractivity contribution in [2.75, 3.05) is 19.7 Å². The summed E-state index contributed by atoms with van der Waals surface area (Å²) in [6.45, 7) is 1.19. The molecular formula is C19H17ClF3N3O2S. The van der Waals surface area contributed by atoms with Crippen LogP contribution in [0.25, 0.3) is 10.6 Å². The van der Waals surface area contributed by atoms with E-state index in [1.165, 1.54) is 6.20 Å². The van der Waals surface area contributed by atoms with Gasteiger partial charge in [0, 0.05) is 35.8 Å². The van der Waals surface area contributed by atoms with E-state index in [9.17, 15) is 18.3 Å². The zero-order valence-electron chi connectivity index (χ0n) is 15.0. The predicted molar refractivity (Wildman–Crippen MR) is 105 cm³/mol. The Balaban J connectivity index is 1.42. The van der Waals surface area contributed by atoms with Crippen molar-refractivity contribution in [3.8, 4) is 16.3 Å². The van der Waals surface area contributed by atoms with Crippen molar-refractivity contribution in [3.63, 3.8) is 0 Å². The van der Waals surface area contributed by atoms with Gasteiger partial charge in [0.05, 0.1) is 6.10 Å². The zero-order chi connectivity index (χ0) is 20.9. The molecule has 2 heterocycles. The molecule has 29 heavy (non-hydrogen) atoms. The summed E-state index contributed by atoms with van der Waals surface area (Å²) in [6.07, 6.45) is -3.63. The van der Waals surface area contributed by atoms with E-state index in [0.717, 1.165) is 16.7 Å². The first kappa shape index (κ1) is 21.5. The highest BCUT2D eigenvalue weighted by molar-refractivity contribution is 7.13. The molecule has 0 fully saturated rings. The van der Waals surface area contributed by atoms with Crippen LogP contribution in [0.3, 0.4) is 0 Å². The summed E-state index contributed by atoms with van der Waals surface area (Å²) < 4.78 is 43.5. The Morgan fingerprint density at radius 1 is 1.17 bits per heavy atom. The number of aliphatic hydroxyl groups excluding tert-OH is 1. The molecule has 1 atom stereocenters. The van der Waals surface area contributed by atoms with Crippen molar-refractivity contribution >= 4 is 22.9 Å². The number of aromatic nitrogens is 2. The first-order valence-electron chi connectivity index (χ1n) is 8.59. The lowest BCUT2D eigenvalue weighted by molar-refractivity contribution is -0.140. The zero-order valence-corrected chi connectivity index (χ0v) is 16.6. The van der Waals surface area contributed by atoms with Gasteiger partial charge in [-0.2, -0.15) is 13.2 Å². The molecule has 0 saturated carbocycles. The third-order valence-electron chi connectivity index (χ3n) is 3.92. The average molecular weight is 444 g/mol. The van der Waals surface area contributed by atoms with Crippen LogP contribution in [0.15, 0.2) is 48.0 Å². The van der Waals surface area contributed by atoms with E-state index < -0.39 is 18.0 Å².